The van der Waals surface area contributed by atoms with Crippen LogP contribution in [0.25, 0.3) is 0 Å². The molecular weight excluding hydrogens is 148 g/mol. The van der Waals surface area contributed by atoms with Crippen molar-refractivity contribution in [1.29, 1.82) is 0 Å². The van der Waals surface area contributed by atoms with E-state index in [1.165, 1.54) is 0 Å². The third kappa shape index (κ3) is 2.01. The van der Waals surface area contributed by atoms with Crippen molar-refractivity contribution >= 4 is 11.8 Å². The summed E-state index contributed by atoms with van der Waals surface area (Å²) in [6, 6.07) is 0. The van der Waals surface area contributed by atoms with Crippen LogP contribution in [0.4, 0.5) is 0 Å². The average molecular weight is 160 g/mol. The smallest absolute Gasteiger partial charge is 0.343 e. The van der Waals surface area contributed by atoms with E-state index in [4.69, 9.17) is 5.11 Å². The number of carboxylic acid groups (broad SMARTS) is 1. The first-order valence-corrected chi connectivity index (χ1v) is 3.42. The number of aliphatic carboxylic acids is 1. The molecular formula is C7H12O4. The van der Waals surface area contributed by atoms with Gasteiger partial charge < -0.3 is 10.2 Å². The van der Waals surface area contributed by atoms with Gasteiger partial charge in [0.1, 0.15) is 0 Å². The molecule has 0 bridgehead atoms. The molecule has 0 aliphatic rings. The topological polar surface area (TPSA) is 74.6 Å². The molecule has 4 nitrogen and oxygen atoms in total. The fourth-order valence-corrected chi connectivity index (χ4v) is 0.795. The van der Waals surface area contributed by atoms with Crippen LogP contribution < -0.4 is 0 Å². The Hall–Kier alpha value is -0.900. The van der Waals surface area contributed by atoms with Crippen molar-refractivity contribution in [2.75, 3.05) is 0 Å². The van der Waals surface area contributed by atoms with Crippen LogP contribution in [0.5, 0.6) is 0 Å². The molecule has 0 fully saturated rings. The second-order valence-electron chi connectivity index (χ2n) is 2.47. The van der Waals surface area contributed by atoms with E-state index in [2.05, 4.69) is 0 Å². The van der Waals surface area contributed by atoms with E-state index in [0.29, 0.717) is 6.42 Å². The lowest BCUT2D eigenvalue weighted by Gasteiger charge is -2.18. The van der Waals surface area contributed by atoms with E-state index in [1.54, 1.807) is 6.92 Å². The van der Waals surface area contributed by atoms with E-state index in [1.807, 2.05) is 0 Å². The first-order valence-electron chi connectivity index (χ1n) is 3.42. The maximum atomic E-state index is 10.7. The van der Waals surface area contributed by atoms with Crippen LogP contribution in [0.2, 0.25) is 0 Å². The molecule has 0 saturated heterocycles. The van der Waals surface area contributed by atoms with Gasteiger partial charge in [0.05, 0.1) is 0 Å². The number of hydrogen-bond acceptors (Lipinski definition) is 3. The Morgan fingerprint density at radius 2 is 1.91 bits per heavy atom. The minimum atomic E-state index is -2.17. The largest absolute Gasteiger partial charge is 0.479 e. The van der Waals surface area contributed by atoms with Gasteiger partial charge in [0, 0.05) is 0 Å². The second kappa shape index (κ2) is 3.48. The number of carboxylic acids is 1. The highest BCUT2D eigenvalue weighted by molar-refractivity contribution is 6.04. The zero-order chi connectivity index (χ0) is 9.07. The second-order valence-corrected chi connectivity index (χ2v) is 2.47. The summed E-state index contributed by atoms with van der Waals surface area (Å²) in [6.07, 6.45) is 0.431. The number of hydrogen-bond donors (Lipinski definition) is 2. The number of rotatable bonds is 4. The molecule has 0 aromatic heterocycles. The minimum Gasteiger partial charge on any atom is -0.479 e. The van der Waals surface area contributed by atoms with Gasteiger partial charge in [0.15, 0.2) is 5.78 Å². The van der Waals surface area contributed by atoms with Crippen LogP contribution in [-0.4, -0.2) is 27.6 Å². The lowest BCUT2D eigenvalue weighted by Crippen LogP contribution is -2.45. The molecule has 0 saturated carbocycles. The lowest BCUT2D eigenvalue weighted by atomic mass is 9.94. The molecule has 0 aliphatic heterocycles. The van der Waals surface area contributed by atoms with Crippen molar-refractivity contribution in [2.45, 2.75) is 32.3 Å². The molecule has 0 radical (unpaired) electrons. The molecule has 0 heterocycles. The highest BCUT2D eigenvalue weighted by Crippen LogP contribution is 2.13. The molecule has 0 aromatic carbocycles. The van der Waals surface area contributed by atoms with Crippen LogP contribution in [0.15, 0.2) is 0 Å². The highest BCUT2D eigenvalue weighted by atomic mass is 16.4. The maximum absolute atomic E-state index is 10.7. The Morgan fingerprint density at radius 3 is 2.00 bits per heavy atom. The third-order valence-corrected chi connectivity index (χ3v) is 1.55. The Labute approximate surface area is 64.8 Å². The molecule has 11 heavy (non-hydrogen) atoms. The summed E-state index contributed by atoms with van der Waals surface area (Å²) in [7, 11) is 0. The molecule has 0 aromatic rings. The van der Waals surface area contributed by atoms with Crippen molar-refractivity contribution in [3.05, 3.63) is 0 Å². The molecule has 0 amide bonds. The number of ketones is 1. The molecule has 0 spiro atoms. The van der Waals surface area contributed by atoms with Gasteiger partial charge in [-0.15, -0.1) is 0 Å². The Bertz CT molecular complexity index is 159. The quantitative estimate of drug-likeness (QED) is 0.576. The van der Waals surface area contributed by atoms with E-state index in [0.717, 1.165) is 6.92 Å². The summed E-state index contributed by atoms with van der Waals surface area (Å²) < 4.78 is 0. The number of carbonyl (C=O) groups is 2. The first kappa shape index (κ1) is 10.1. The van der Waals surface area contributed by atoms with Crippen LogP contribution in [0.3, 0.4) is 0 Å². The summed E-state index contributed by atoms with van der Waals surface area (Å²) >= 11 is 0. The van der Waals surface area contributed by atoms with Gasteiger partial charge in [-0.1, -0.05) is 13.3 Å². The highest BCUT2D eigenvalue weighted by Gasteiger charge is 2.39. The van der Waals surface area contributed by atoms with Gasteiger partial charge in [0.2, 0.25) is 5.60 Å². The molecule has 1 unspecified atom stereocenters. The van der Waals surface area contributed by atoms with E-state index in [9.17, 15) is 14.7 Å². The van der Waals surface area contributed by atoms with Gasteiger partial charge in [-0.3, -0.25) is 4.79 Å². The SMILES string of the molecule is CCCC(O)(C(C)=O)C(=O)O. The van der Waals surface area contributed by atoms with Crippen LogP contribution >= 0.6 is 0 Å². The van der Waals surface area contributed by atoms with Gasteiger partial charge in [-0.25, -0.2) is 4.79 Å². The number of aliphatic hydroxyl groups is 1. The lowest BCUT2D eigenvalue weighted by molar-refractivity contribution is -0.165. The van der Waals surface area contributed by atoms with Gasteiger partial charge in [0.25, 0.3) is 0 Å². The summed E-state index contributed by atoms with van der Waals surface area (Å²) in [5.74, 6) is -2.18. The molecule has 2 N–H and O–H groups in total. The molecule has 1 atom stereocenters. The molecule has 0 rings (SSSR count). The van der Waals surface area contributed by atoms with Gasteiger partial charge in [-0.05, 0) is 13.3 Å². The maximum Gasteiger partial charge on any atom is 0.343 e. The minimum absolute atomic E-state index is 0.0301. The monoisotopic (exact) mass is 160 g/mol. The fraction of sp³-hybridized carbons (Fsp3) is 0.714. The van der Waals surface area contributed by atoms with Crippen LogP contribution in [0.1, 0.15) is 26.7 Å². The van der Waals surface area contributed by atoms with Gasteiger partial charge >= 0.3 is 5.97 Å². The Kier molecular flexibility index (Phi) is 3.19. The van der Waals surface area contributed by atoms with Crippen molar-refractivity contribution in [2.24, 2.45) is 0 Å². The number of Topliss-reactive ketones (excluding diaryl/α,β-unsaturated/α-hetero) is 1. The number of carbonyl (C=O) groups excluding carboxylic acids is 1. The Balaban J connectivity index is 4.52. The van der Waals surface area contributed by atoms with Crippen molar-refractivity contribution in [3.8, 4) is 0 Å². The van der Waals surface area contributed by atoms with E-state index >= 15 is 0 Å². The van der Waals surface area contributed by atoms with E-state index in [-0.39, 0.29) is 6.42 Å². The van der Waals surface area contributed by atoms with Crippen molar-refractivity contribution in [3.63, 3.8) is 0 Å². The van der Waals surface area contributed by atoms with Gasteiger partial charge in [-0.2, -0.15) is 0 Å². The zero-order valence-electron chi connectivity index (χ0n) is 6.63. The normalized spacial score (nSPS) is 15.5. The van der Waals surface area contributed by atoms with Crippen molar-refractivity contribution < 1.29 is 19.8 Å². The predicted molar refractivity (Wildman–Crippen MR) is 38.2 cm³/mol. The summed E-state index contributed by atoms with van der Waals surface area (Å²) in [5, 5.41) is 17.7. The van der Waals surface area contributed by atoms with E-state index < -0.39 is 17.4 Å². The molecule has 4 heteroatoms. The summed E-state index contributed by atoms with van der Waals surface area (Å²) in [6.45, 7) is 2.78. The summed E-state index contributed by atoms with van der Waals surface area (Å²) in [4.78, 5) is 21.0. The average Bonchev–Trinajstić information content (AvgIpc) is 1.87. The Morgan fingerprint density at radius 1 is 1.45 bits per heavy atom. The fourth-order valence-electron chi connectivity index (χ4n) is 0.795. The zero-order valence-corrected chi connectivity index (χ0v) is 6.63. The molecule has 64 valence electrons. The van der Waals surface area contributed by atoms with Crippen LogP contribution in [0, 0.1) is 0 Å². The summed E-state index contributed by atoms with van der Waals surface area (Å²) in [5.41, 5.74) is -2.17. The first-order chi connectivity index (χ1) is 4.95. The van der Waals surface area contributed by atoms with Crippen LogP contribution in [-0.2, 0) is 9.59 Å². The third-order valence-electron chi connectivity index (χ3n) is 1.55. The predicted octanol–water partition coefficient (Wildman–Crippen LogP) is 0.191. The standard InChI is InChI=1S/C7H12O4/c1-3-4-7(11,5(2)8)6(9)10/h11H,3-4H2,1-2H3,(H,9,10). The molecule has 0 aliphatic carbocycles. The van der Waals surface area contributed by atoms with Crippen molar-refractivity contribution in [1.82, 2.24) is 0 Å².